The van der Waals surface area contributed by atoms with E-state index in [1.54, 1.807) is 49.9 Å². The van der Waals surface area contributed by atoms with Crippen molar-refractivity contribution >= 4 is 51.9 Å². The molecule has 0 unspecified atom stereocenters. The van der Waals surface area contributed by atoms with E-state index in [0.717, 1.165) is 6.42 Å². The number of carbonyl (C=O) groups excluding carboxylic acids is 1. The van der Waals surface area contributed by atoms with E-state index in [1.165, 1.54) is 6.92 Å². The van der Waals surface area contributed by atoms with E-state index in [1.807, 2.05) is 0 Å². The summed E-state index contributed by atoms with van der Waals surface area (Å²) in [6, 6.07) is 8.20. The first-order chi connectivity index (χ1) is 19.3. The number of aromatic carboxylic acids is 1. The minimum absolute atomic E-state index is 0.0302. The maximum Gasteiger partial charge on any atom is 0.410 e. The summed E-state index contributed by atoms with van der Waals surface area (Å²) in [5.74, 6) is -1.82. The Morgan fingerprint density at radius 3 is 2.71 bits per heavy atom. The van der Waals surface area contributed by atoms with Crippen molar-refractivity contribution in [2.45, 2.75) is 64.6 Å². The molecule has 2 aromatic carbocycles. The first-order valence-corrected chi connectivity index (χ1v) is 14.0. The maximum atomic E-state index is 16.5. The SMILES string of the molecule is Cc1nc2c(F)c(-c3cccc(Cl)c3Cl)c(CCC#N)cc2c(N[C@H]2[C@@H]3C[C@H]2N(C(=O)OC(C)(C)C)C3)c1C(=O)O. The van der Waals surface area contributed by atoms with Crippen LogP contribution in [0.25, 0.3) is 22.0 Å². The number of amides is 1. The molecule has 11 heteroatoms. The Hall–Kier alpha value is -3.61. The number of fused-ring (bicyclic) bond motifs is 2. The predicted octanol–water partition coefficient (Wildman–Crippen LogP) is 7.23. The molecule has 1 aromatic heterocycles. The third-order valence-corrected chi connectivity index (χ3v) is 8.48. The van der Waals surface area contributed by atoms with Crippen LogP contribution in [0.4, 0.5) is 14.9 Å². The Morgan fingerprint density at radius 2 is 2.05 bits per heavy atom. The molecule has 3 aliphatic rings. The number of aromatic nitrogens is 1. The van der Waals surface area contributed by atoms with Gasteiger partial charge in [-0.05, 0) is 58.2 Å². The number of benzene rings is 2. The molecule has 1 amide bonds. The number of nitrogens with one attached hydrogen (secondary N) is 1. The predicted molar refractivity (Wildman–Crippen MR) is 155 cm³/mol. The zero-order valence-corrected chi connectivity index (χ0v) is 24.5. The topological polar surface area (TPSA) is 116 Å². The first kappa shape index (κ1) is 28.9. The normalized spacial score (nSPS) is 19.6. The molecule has 2 N–H and O–H groups in total. The van der Waals surface area contributed by atoms with Crippen molar-refractivity contribution in [2.75, 3.05) is 11.9 Å². The molecular weight excluding hydrogens is 570 g/mol. The van der Waals surface area contributed by atoms with E-state index in [4.69, 9.17) is 27.9 Å². The van der Waals surface area contributed by atoms with E-state index in [0.29, 0.717) is 17.7 Å². The fraction of sp³-hybridized carbons (Fsp3) is 0.400. The third kappa shape index (κ3) is 5.15. The molecule has 2 bridgehead atoms. The standard InChI is InChI=1S/C30H29Cl2FN4O4/c1-14-21(28(38)39)26(36-25-16-12-20(25)37(13-16)29(40)41-30(2,3)4)18-11-15(7-6-10-34)22(24(33)27(18)35-14)17-8-5-9-19(31)23(17)32/h5,8-9,11,16,20,25H,6-7,12-13H2,1-4H3,(H,35,36)(H,38,39)/t16-,20-,25+/m1/s1. The van der Waals surface area contributed by atoms with E-state index in [9.17, 15) is 20.0 Å². The van der Waals surface area contributed by atoms with E-state index in [-0.39, 0.29) is 74.3 Å². The Bertz CT molecular complexity index is 1630. The first-order valence-electron chi connectivity index (χ1n) is 13.3. The number of ether oxygens (including phenoxy) is 1. The average Bonchev–Trinajstić information content (AvgIpc) is 3.48. The number of hydrogen-bond acceptors (Lipinski definition) is 6. The van der Waals surface area contributed by atoms with Gasteiger partial charge in [-0.15, -0.1) is 0 Å². The quantitative estimate of drug-likeness (QED) is 0.307. The number of carbonyl (C=O) groups is 2. The molecule has 1 saturated carbocycles. The van der Waals surface area contributed by atoms with Gasteiger partial charge in [0.15, 0.2) is 5.82 Å². The lowest BCUT2D eigenvalue weighted by atomic mass is 9.79. The van der Waals surface area contributed by atoms with Crippen LogP contribution in [0.3, 0.4) is 0 Å². The number of nitrogens with zero attached hydrogens (tertiary/aromatic N) is 3. The van der Waals surface area contributed by atoms with Gasteiger partial charge in [-0.1, -0.05) is 35.3 Å². The van der Waals surface area contributed by atoms with Gasteiger partial charge in [0.2, 0.25) is 0 Å². The molecule has 2 saturated heterocycles. The lowest BCUT2D eigenvalue weighted by molar-refractivity contribution is 0.0239. The maximum absolute atomic E-state index is 16.5. The van der Waals surface area contributed by atoms with Crippen LogP contribution >= 0.6 is 23.2 Å². The molecule has 2 aliphatic heterocycles. The van der Waals surface area contributed by atoms with Gasteiger partial charge in [-0.3, -0.25) is 0 Å². The number of rotatable bonds is 6. The summed E-state index contributed by atoms with van der Waals surface area (Å²) in [7, 11) is 0. The average molecular weight is 599 g/mol. The van der Waals surface area contributed by atoms with E-state index >= 15 is 4.39 Å². The van der Waals surface area contributed by atoms with Crippen LogP contribution in [0.1, 0.15) is 55.2 Å². The number of hydrogen-bond donors (Lipinski definition) is 2. The molecule has 1 aliphatic carbocycles. The summed E-state index contributed by atoms with van der Waals surface area (Å²) < 4.78 is 22.0. The lowest BCUT2D eigenvalue weighted by Crippen LogP contribution is -2.50. The Kier molecular flexibility index (Phi) is 7.51. The largest absolute Gasteiger partial charge is 0.478 e. The van der Waals surface area contributed by atoms with Crippen LogP contribution in [0, 0.1) is 30.0 Å². The van der Waals surface area contributed by atoms with Crippen LogP contribution in [0.5, 0.6) is 0 Å². The van der Waals surface area contributed by atoms with Gasteiger partial charge >= 0.3 is 12.1 Å². The second-order valence-electron chi connectivity index (χ2n) is 11.5. The zero-order chi connectivity index (χ0) is 29.8. The van der Waals surface area contributed by atoms with Gasteiger partial charge in [0.1, 0.15) is 16.7 Å². The van der Waals surface area contributed by atoms with Crippen LogP contribution in [-0.4, -0.2) is 51.3 Å². The Labute approximate surface area is 247 Å². The van der Waals surface area contributed by atoms with Crippen molar-refractivity contribution < 1.29 is 23.8 Å². The fourth-order valence-corrected chi connectivity index (χ4v) is 6.24. The molecule has 3 fully saturated rings. The lowest BCUT2D eigenvalue weighted by Gasteiger charge is -2.38. The molecule has 0 spiro atoms. The molecule has 214 valence electrons. The van der Waals surface area contributed by atoms with Gasteiger partial charge in [0.05, 0.1) is 39.6 Å². The molecule has 41 heavy (non-hydrogen) atoms. The number of halogens is 3. The minimum atomic E-state index is -1.21. The minimum Gasteiger partial charge on any atom is -0.478 e. The fourth-order valence-electron chi connectivity index (χ4n) is 5.85. The third-order valence-electron chi connectivity index (χ3n) is 7.66. The van der Waals surface area contributed by atoms with Crippen molar-refractivity contribution in [2.24, 2.45) is 5.92 Å². The molecule has 3 atom stereocenters. The highest BCUT2D eigenvalue weighted by atomic mass is 35.5. The smallest absolute Gasteiger partial charge is 0.410 e. The highest BCUT2D eigenvalue weighted by Gasteiger charge is 2.55. The van der Waals surface area contributed by atoms with Crippen LogP contribution in [-0.2, 0) is 11.2 Å². The van der Waals surface area contributed by atoms with Crippen molar-refractivity contribution in [1.82, 2.24) is 9.88 Å². The van der Waals surface area contributed by atoms with Gasteiger partial charge in [0.25, 0.3) is 0 Å². The van der Waals surface area contributed by atoms with Crippen molar-refractivity contribution in [1.29, 1.82) is 5.26 Å². The molecular formula is C30H29Cl2FN4O4. The summed E-state index contributed by atoms with van der Waals surface area (Å²) in [6.07, 6.45) is 0.622. The summed E-state index contributed by atoms with van der Waals surface area (Å²) >= 11 is 12.7. The second-order valence-corrected chi connectivity index (χ2v) is 12.3. The van der Waals surface area contributed by atoms with Crippen molar-refractivity contribution in [3.05, 3.63) is 56.9 Å². The summed E-state index contributed by atoms with van der Waals surface area (Å²) in [6.45, 7) is 7.40. The van der Waals surface area contributed by atoms with Crippen LogP contribution in [0.2, 0.25) is 10.0 Å². The summed E-state index contributed by atoms with van der Waals surface area (Å²) in [4.78, 5) is 31.3. The summed E-state index contributed by atoms with van der Waals surface area (Å²) in [5.41, 5.74) is 0.598. The number of anilines is 1. The molecule has 3 heterocycles. The monoisotopic (exact) mass is 598 g/mol. The van der Waals surface area contributed by atoms with Gasteiger partial charge in [0, 0.05) is 35.4 Å². The molecule has 0 radical (unpaired) electrons. The number of carboxylic acid groups (broad SMARTS) is 1. The van der Waals surface area contributed by atoms with Gasteiger partial charge < -0.3 is 20.1 Å². The number of nitriles is 1. The van der Waals surface area contributed by atoms with Crippen molar-refractivity contribution in [3.63, 3.8) is 0 Å². The highest BCUT2D eigenvalue weighted by Crippen LogP contribution is 2.46. The second kappa shape index (κ2) is 10.7. The van der Waals surface area contributed by atoms with Crippen LogP contribution in [0.15, 0.2) is 24.3 Å². The number of carboxylic acids is 1. The molecule has 6 rings (SSSR count). The van der Waals surface area contributed by atoms with Crippen LogP contribution < -0.4 is 5.32 Å². The Morgan fingerprint density at radius 1 is 1.32 bits per heavy atom. The molecule has 3 aromatic rings. The van der Waals surface area contributed by atoms with Crippen molar-refractivity contribution in [3.8, 4) is 17.2 Å². The Balaban J connectivity index is 1.65. The van der Waals surface area contributed by atoms with Gasteiger partial charge in [-0.2, -0.15) is 5.26 Å². The molecule has 8 nitrogen and oxygen atoms in total. The number of pyridine rings is 1. The summed E-state index contributed by atoms with van der Waals surface area (Å²) in [5, 5.41) is 23.5. The van der Waals surface area contributed by atoms with Gasteiger partial charge in [-0.25, -0.2) is 19.0 Å². The van der Waals surface area contributed by atoms with E-state index < -0.39 is 23.5 Å². The highest BCUT2D eigenvalue weighted by molar-refractivity contribution is 6.43. The number of aryl methyl sites for hydroxylation is 2. The zero-order valence-electron chi connectivity index (χ0n) is 23.0. The van der Waals surface area contributed by atoms with E-state index in [2.05, 4.69) is 16.4 Å².